The van der Waals surface area contributed by atoms with Crippen molar-refractivity contribution >= 4 is 44.6 Å². The zero-order valence-corrected chi connectivity index (χ0v) is 25.4. The van der Waals surface area contributed by atoms with E-state index in [-0.39, 0.29) is 27.6 Å². The largest absolute Gasteiger partial charge is 0.387 e. The number of carbonyl (C=O) groups excluding carboxylic acids is 2. The Labute approximate surface area is 259 Å². The second-order valence-corrected chi connectivity index (χ2v) is 14.5. The van der Waals surface area contributed by atoms with E-state index in [1.165, 1.54) is 48.6 Å². The summed E-state index contributed by atoms with van der Waals surface area (Å²) in [5.74, 6) is 1.23. The Bertz CT molecular complexity index is 1710. The topological polar surface area (TPSA) is 210 Å². The molecule has 8 rings (SSSR count). The molecule has 3 aromatic rings. The van der Waals surface area contributed by atoms with Crippen LogP contribution < -0.4 is 20.7 Å². The third-order valence-electron chi connectivity index (χ3n) is 9.50. The maximum atomic E-state index is 13.5. The Hall–Kier alpha value is -3.70. The fourth-order valence-electron chi connectivity index (χ4n) is 8.10. The summed E-state index contributed by atoms with van der Waals surface area (Å²) < 4.78 is 37.1. The summed E-state index contributed by atoms with van der Waals surface area (Å²) in [5, 5.41) is 28.8. The molecule has 0 radical (unpaired) electrons. The summed E-state index contributed by atoms with van der Waals surface area (Å²) in [4.78, 5) is 37.9. The van der Waals surface area contributed by atoms with E-state index in [0.29, 0.717) is 24.3 Å². The number of ether oxygens (including phenoxy) is 1. The SMILES string of the molecule is CCNC(=O)[C@H]1O[C@@H](n2cnc3c(NC(=O)Nc4cccc(S(=O)(=O)NC56CC7CC(CC(C7)C5)C6)c4)ncnc32)C(O)C1O. The van der Waals surface area contributed by atoms with Gasteiger partial charge in [0, 0.05) is 17.8 Å². The van der Waals surface area contributed by atoms with Crippen molar-refractivity contribution in [3.8, 4) is 0 Å². The van der Waals surface area contributed by atoms with Crippen molar-refractivity contribution in [2.45, 2.75) is 80.4 Å². The first-order chi connectivity index (χ1) is 21.5. The van der Waals surface area contributed by atoms with Crippen molar-refractivity contribution in [2.75, 3.05) is 17.2 Å². The Morgan fingerprint density at radius 3 is 2.42 bits per heavy atom. The fraction of sp³-hybridized carbons (Fsp3) is 0.552. The van der Waals surface area contributed by atoms with Gasteiger partial charge in [0.1, 0.15) is 18.5 Å². The molecule has 15 nitrogen and oxygen atoms in total. The molecule has 5 fully saturated rings. The summed E-state index contributed by atoms with van der Waals surface area (Å²) in [6.45, 7) is 2.04. The molecule has 0 spiro atoms. The molecule has 240 valence electrons. The molecule has 1 saturated heterocycles. The molecule has 3 heterocycles. The predicted octanol–water partition coefficient (Wildman–Crippen LogP) is 1.47. The third kappa shape index (κ3) is 5.54. The number of benzene rings is 1. The number of aliphatic hydroxyl groups is 2. The van der Waals surface area contributed by atoms with Crippen molar-refractivity contribution in [2.24, 2.45) is 17.8 Å². The number of rotatable bonds is 8. The van der Waals surface area contributed by atoms with Gasteiger partial charge in [0.05, 0.1) is 11.2 Å². The fourth-order valence-corrected chi connectivity index (χ4v) is 9.58. The number of hydrogen-bond donors (Lipinski definition) is 6. The van der Waals surface area contributed by atoms with Crippen molar-refractivity contribution < 1.29 is 33.0 Å². The van der Waals surface area contributed by atoms with Crippen molar-refractivity contribution in [1.82, 2.24) is 29.6 Å². The number of urea groups is 1. The maximum absolute atomic E-state index is 13.5. The predicted molar refractivity (Wildman–Crippen MR) is 160 cm³/mol. The first-order valence-electron chi connectivity index (χ1n) is 15.2. The molecule has 6 N–H and O–H groups in total. The smallest absolute Gasteiger partial charge is 0.324 e. The van der Waals surface area contributed by atoms with Gasteiger partial charge >= 0.3 is 6.03 Å². The number of imidazole rings is 1. The van der Waals surface area contributed by atoms with E-state index in [0.717, 1.165) is 19.3 Å². The molecule has 2 aromatic heterocycles. The number of likely N-dealkylation sites (N-methyl/N-ethyl adjacent to an activating group) is 1. The van der Waals surface area contributed by atoms with Gasteiger partial charge < -0.3 is 25.6 Å². The quantitative estimate of drug-likeness (QED) is 0.209. The molecular formula is C29H36N8O7S. The molecular weight excluding hydrogens is 604 g/mol. The number of aliphatic hydroxyl groups excluding tert-OH is 2. The van der Waals surface area contributed by atoms with Gasteiger partial charge in [-0.1, -0.05) is 6.07 Å². The molecule has 4 atom stereocenters. The summed E-state index contributed by atoms with van der Waals surface area (Å²) >= 11 is 0. The second kappa shape index (κ2) is 11.3. The molecule has 4 aliphatic carbocycles. The number of hydrogen-bond acceptors (Lipinski definition) is 10. The first kappa shape index (κ1) is 30.0. The molecule has 1 aromatic carbocycles. The van der Waals surface area contributed by atoms with Gasteiger partial charge in [0.25, 0.3) is 5.91 Å². The number of amides is 3. The van der Waals surface area contributed by atoms with E-state index in [1.807, 2.05) is 0 Å². The van der Waals surface area contributed by atoms with Crippen LogP contribution in [-0.4, -0.2) is 80.5 Å². The average Bonchev–Trinajstić information content (AvgIpc) is 3.53. The van der Waals surface area contributed by atoms with Crippen LogP contribution in [0.15, 0.2) is 41.8 Å². The molecule has 3 amide bonds. The summed E-state index contributed by atoms with van der Waals surface area (Å²) in [6, 6.07) is 5.39. The highest BCUT2D eigenvalue weighted by atomic mass is 32.2. The molecule has 4 saturated carbocycles. The van der Waals surface area contributed by atoms with Crippen molar-refractivity contribution in [1.29, 1.82) is 0 Å². The molecule has 45 heavy (non-hydrogen) atoms. The van der Waals surface area contributed by atoms with Gasteiger partial charge in [-0.15, -0.1) is 0 Å². The van der Waals surface area contributed by atoms with Gasteiger partial charge in [-0.3, -0.25) is 14.7 Å². The van der Waals surface area contributed by atoms with Gasteiger partial charge in [0.2, 0.25) is 10.0 Å². The lowest BCUT2D eigenvalue weighted by Gasteiger charge is -2.56. The van der Waals surface area contributed by atoms with Crippen molar-refractivity contribution in [3.05, 3.63) is 36.9 Å². The normalized spacial score (nSPS) is 32.1. The number of sulfonamides is 1. The monoisotopic (exact) mass is 640 g/mol. The highest BCUT2D eigenvalue weighted by molar-refractivity contribution is 7.89. The van der Waals surface area contributed by atoms with Crippen LogP contribution in [0.5, 0.6) is 0 Å². The lowest BCUT2D eigenvalue weighted by Crippen LogP contribution is -2.59. The Morgan fingerprint density at radius 1 is 1.02 bits per heavy atom. The molecule has 1 aliphatic heterocycles. The van der Waals surface area contributed by atoms with E-state index in [2.05, 4.69) is 35.6 Å². The van der Waals surface area contributed by atoms with Gasteiger partial charge in [-0.2, -0.15) is 0 Å². The standard InChI is InChI=1S/C29H36N8O7S/c1-2-30-26(40)23-21(38)22(39)27(44-23)37-14-33-20-24(31-13-32-25(20)37)35-28(41)34-18-4-3-5-19(9-18)45(42,43)36-29-10-15-6-16(11-29)8-17(7-15)12-29/h3-5,9,13-17,21-23,27,36,38-39H,2,6-8,10-12H2,1H3,(H,30,40)(H2,31,32,34,35,41)/t15?,16?,17?,21?,22?,23-,27+,29?/m0/s1. The van der Waals surface area contributed by atoms with E-state index < -0.39 is 52.0 Å². The Kier molecular flexibility index (Phi) is 7.51. The number of carbonyl (C=O) groups is 2. The minimum atomic E-state index is -3.83. The zero-order chi connectivity index (χ0) is 31.5. The van der Waals surface area contributed by atoms with Crippen LogP contribution in [0.4, 0.5) is 16.3 Å². The van der Waals surface area contributed by atoms with E-state index >= 15 is 0 Å². The van der Waals surface area contributed by atoms with Crippen LogP contribution in [-0.2, 0) is 19.6 Å². The number of fused-ring (bicyclic) bond motifs is 1. The van der Waals surface area contributed by atoms with Crippen LogP contribution in [0.3, 0.4) is 0 Å². The highest BCUT2D eigenvalue weighted by Crippen LogP contribution is 2.56. The maximum Gasteiger partial charge on any atom is 0.324 e. The van der Waals surface area contributed by atoms with Crippen LogP contribution in [0.1, 0.15) is 51.7 Å². The molecule has 2 unspecified atom stereocenters. The van der Waals surface area contributed by atoms with E-state index in [4.69, 9.17) is 4.74 Å². The molecule has 4 bridgehead atoms. The lowest BCUT2D eigenvalue weighted by molar-refractivity contribution is -0.137. The van der Waals surface area contributed by atoms with Crippen LogP contribution >= 0.6 is 0 Å². The minimum absolute atomic E-state index is 0.0387. The van der Waals surface area contributed by atoms with Gasteiger partial charge in [-0.05, 0) is 81.4 Å². The Morgan fingerprint density at radius 2 is 1.73 bits per heavy atom. The van der Waals surface area contributed by atoms with Crippen LogP contribution in [0.2, 0.25) is 0 Å². The van der Waals surface area contributed by atoms with E-state index in [9.17, 15) is 28.2 Å². The number of anilines is 2. The summed E-state index contributed by atoms with van der Waals surface area (Å²) in [6.07, 6.45) is 3.31. The Balaban J connectivity index is 1.05. The van der Waals surface area contributed by atoms with Crippen molar-refractivity contribution in [3.63, 3.8) is 0 Å². The summed E-state index contributed by atoms with van der Waals surface area (Å²) in [5.41, 5.74) is 0.216. The van der Waals surface area contributed by atoms with E-state index in [1.54, 1.807) is 19.1 Å². The molecule has 5 aliphatic rings. The number of nitrogens with one attached hydrogen (secondary N) is 4. The van der Waals surface area contributed by atoms with Gasteiger partial charge in [-0.25, -0.2) is 32.9 Å². The summed E-state index contributed by atoms with van der Waals surface area (Å²) in [7, 11) is -3.83. The lowest BCUT2D eigenvalue weighted by atomic mass is 9.53. The average molecular weight is 641 g/mol. The molecule has 16 heteroatoms. The highest BCUT2D eigenvalue weighted by Gasteiger charge is 2.52. The second-order valence-electron chi connectivity index (χ2n) is 12.8. The number of aromatic nitrogens is 4. The van der Waals surface area contributed by atoms with Crippen LogP contribution in [0, 0.1) is 17.8 Å². The van der Waals surface area contributed by atoms with Crippen LogP contribution in [0.25, 0.3) is 11.2 Å². The number of nitrogens with zero attached hydrogens (tertiary/aromatic N) is 4. The third-order valence-corrected chi connectivity index (χ3v) is 11.1. The first-order valence-corrected chi connectivity index (χ1v) is 16.7. The zero-order valence-electron chi connectivity index (χ0n) is 24.6. The minimum Gasteiger partial charge on any atom is -0.387 e. The van der Waals surface area contributed by atoms with Gasteiger partial charge in [0.15, 0.2) is 29.3 Å².